The lowest BCUT2D eigenvalue weighted by atomic mass is 10.1. The summed E-state index contributed by atoms with van der Waals surface area (Å²) in [5.74, 6) is -0.212. The van der Waals surface area contributed by atoms with Gasteiger partial charge < -0.3 is 4.57 Å². The van der Waals surface area contributed by atoms with Crippen LogP contribution in [0, 0.1) is 12.0 Å². The van der Waals surface area contributed by atoms with Gasteiger partial charge in [-0.25, -0.2) is 4.39 Å². The zero-order valence-corrected chi connectivity index (χ0v) is 11.0. The Morgan fingerprint density at radius 2 is 1.68 bits per heavy atom. The van der Waals surface area contributed by atoms with E-state index in [2.05, 4.69) is 36.7 Å². The third-order valence-electron chi connectivity index (χ3n) is 3.31. The van der Waals surface area contributed by atoms with Crippen molar-refractivity contribution in [3.8, 4) is 11.1 Å². The fourth-order valence-electron chi connectivity index (χ4n) is 2.38. The van der Waals surface area contributed by atoms with Crippen LogP contribution < -0.4 is 0 Å². The molecule has 3 rings (SSSR count). The molecule has 1 nitrogen and oxygen atoms in total. The number of nitrogens with zero attached hydrogens (tertiary/aromatic N) is 1. The lowest BCUT2D eigenvalue weighted by Gasteiger charge is -2.07. The van der Waals surface area contributed by atoms with Crippen molar-refractivity contribution in [2.45, 2.75) is 19.9 Å². The maximum absolute atomic E-state index is 13.0. The summed E-state index contributed by atoms with van der Waals surface area (Å²) in [6, 6.07) is 15.2. The van der Waals surface area contributed by atoms with Crippen molar-refractivity contribution in [1.82, 2.24) is 4.57 Å². The molecule has 0 atom stereocenters. The Labute approximate surface area is 112 Å². The molecule has 0 aliphatic rings. The predicted octanol–water partition coefficient (Wildman–Crippen LogP) is 4.83. The molecular formula is C17H15FN. The molecule has 0 aliphatic carbocycles. The van der Waals surface area contributed by atoms with E-state index < -0.39 is 0 Å². The highest BCUT2D eigenvalue weighted by Gasteiger charge is 2.12. The molecule has 0 bridgehead atoms. The van der Waals surface area contributed by atoms with E-state index in [1.54, 1.807) is 12.1 Å². The fourth-order valence-corrected chi connectivity index (χ4v) is 2.38. The molecule has 95 valence electrons. The number of fused-ring (bicyclic) bond motifs is 1. The monoisotopic (exact) mass is 252 g/mol. The van der Waals surface area contributed by atoms with Crippen LogP contribution in [0.4, 0.5) is 4.39 Å². The molecule has 0 unspecified atom stereocenters. The van der Waals surface area contributed by atoms with E-state index in [4.69, 9.17) is 0 Å². The van der Waals surface area contributed by atoms with Gasteiger partial charge >= 0.3 is 0 Å². The highest BCUT2D eigenvalue weighted by molar-refractivity contribution is 5.95. The second kappa shape index (κ2) is 4.54. The quantitative estimate of drug-likeness (QED) is 0.615. The van der Waals surface area contributed by atoms with Crippen LogP contribution in [0.3, 0.4) is 0 Å². The zero-order valence-electron chi connectivity index (χ0n) is 11.0. The number of benzene rings is 2. The fraction of sp³-hybridized carbons (Fsp3) is 0.176. The van der Waals surface area contributed by atoms with Crippen LogP contribution in [0.15, 0.2) is 48.5 Å². The Morgan fingerprint density at radius 3 is 2.37 bits per heavy atom. The molecule has 0 saturated carbocycles. The Bertz CT molecular complexity index is 708. The van der Waals surface area contributed by atoms with Gasteiger partial charge in [0.15, 0.2) is 0 Å². The van der Waals surface area contributed by atoms with E-state index >= 15 is 0 Å². The van der Waals surface area contributed by atoms with E-state index in [9.17, 15) is 4.39 Å². The molecule has 2 aromatic carbocycles. The molecule has 1 heterocycles. The van der Waals surface area contributed by atoms with Gasteiger partial charge in [-0.15, -0.1) is 0 Å². The first-order valence-electron chi connectivity index (χ1n) is 6.45. The van der Waals surface area contributed by atoms with Gasteiger partial charge in [0.25, 0.3) is 0 Å². The van der Waals surface area contributed by atoms with Crippen molar-refractivity contribution in [3.63, 3.8) is 0 Å². The minimum Gasteiger partial charge on any atom is -0.336 e. The molecule has 3 aromatic rings. The van der Waals surface area contributed by atoms with E-state index in [1.807, 2.05) is 12.1 Å². The van der Waals surface area contributed by atoms with Gasteiger partial charge in [0.05, 0.1) is 6.20 Å². The minimum absolute atomic E-state index is 0.212. The number of hydrogen-bond donors (Lipinski definition) is 0. The zero-order chi connectivity index (χ0) is 13.4. The number of rotatable bonds is 2. The summed E-state index contributed by atoms with van der Waals surface area (Å²) < 4.78 is 15.2. The van der Waals surface area contributed by atoms with Gasteiger partial charge in [0.2, 0.25) is 0 Å². The maximum atomic E-state index is 13.0. The number of aromatic nitrogens is 1. The maximum Gasteiger partial charge on any atom is 0.123 e. The molecule has 19 heavy (non-hydrogen) atoms. The molecule has 0 fully saturated rings. The SMILES string of the molecule is CC(C)n1[c]c(-c2ccc(F)cc2)c2ccccc21. The molecule has 0 N–H and O–H groups in total. The van der Waals surface area contributed by atoms with Crippen molar-refractivity contribution in [2.24, 2.45) is 0 Å². The first kappa shape index (κ1) is 12.0. The Morgan fingerprint density at radius 1 is 1.00 bits per heavy atom. The Kier molecular flexibility index (Phi) is 2.86. The smallest absolute Gasteiger partial charge is 0.123 e. The number of halogens is 1. The third-order valence-corrected chi connectivity index (χ3v) is 3.31. The van der Waals surface area contributed by atoms with Gasteiger partial charge in [-0.05, 0) is 37.6 Å². The summed E-state index contributed by atoms with van der Waals surface area (Å²) in [5, 5.41) is 1.16. The molecule has 0 amide bonds. The van der Waals surface area contributed by atoms with Crippen LogP contribution in [-0.2, 0) is 0 Å². The summed E-state index contributed by atoms with van der Waals surface area (Å²) in [7, 11) is 0. The Balaban J connectivity index is 2.26. The summed E-state index contributed by atoms with van der Waals surface area (Å²) in [5.41, 5.74) is 3.19. The largest absolute Gasteiger partial charge is 0.336 e. The van der Waals surface area contributed by atoms with Crippen LogP contribution in [0.5, 0.6) is 0 Å². The van der Waals surface area contributed by atoms with Crippen LogP contribution in [-0.4, -0.2) is 4.57 Å². The van der Waals surface area contributed by atoms with Gasteiger partial charge in [-0.3, -0.25) is 0 Å². The first-order valence-corrected chi connectivity index (χ1v) is 6.45. The van der Waals surface area contributed by atoms with Crippen molar-refractivity contribution in [3.05, 3.63) is 60.5 Å². The molecular weight excluding hydrogens is 237 g/mol. The molecule has 0 aliphatic heterocycles. The predicted molar refractivity (Wildman–Crippen MR) is 76.6 cm³/mol. The third kappa shape index (κ3) is 2.03. The number of para-hydroxylation sites is 1. The van der Waals surface area contributed by atoms with Crippen molar-refractivity contribution in [1.29, 1.82) is 0 Å². The second-order valence-corrected chi connectivity index (χ2v) is 4.97. The molecule has 1 aromatic heterocycles. The van der Waals surface area contributed by atoms with Crippen LogP contribution >= 0.6 is 0 Å². The standard InChI is InChI=1S/C17H15FN/c1-12(2)19-11-16(13-7-9-14(18)10-8-13)15-5-3-4-6-17(15)19/h3-10,12H,1-2H3. The highest BCUT2D eigenvalue weighted by Crippen LogP contribution is 2.31. The van der Waals surface area contributed by atoms with Gasteiger partial charge in [-0.2, -0.15) is 0 Å². The van der Waals surface area contributed by atoms with Crippen LogP contribution in [0.2, 0.25) is 0 Å². The van der Waals surface area contributed by atoms with Gasteiger partial charge in [0, 0.05) is 22.5 Å². The molecule has 0 spiro atoms. The number of hydrogen-bond acceptors (Lipinski definition) is 0. The summed E-state index contributed by atoms with van der Waals surface area (Å²) >= 11 is 0. The first-order chi connectivity index (χ1) is 9.16. The lowest BCUT2D eigenvalue weighted by Crippen LogP contribution is -1.98. The van der Waals surface area contributed by atoms with E-state index in [0.29, 0.717) is 6.04 Å². The molecule has 0 saturated heterocycles. The summed E-state index contributed by atoms with van der Waals surface area (Å²) in [6.45, 7) is 4.27. The Hall–Kier alpha value is -2.09. The van der Waals surface area contributed by atoms with Crippen molar-refractivity contribution < 1.29 is 4.39 Å². The average Bonchev–Trinajstić information content (AvgIpc) is 2.79. The van der Waals surface area contributed by atoms with Gasteiger partial charge in [0.1, 0.15) is 5.82 Å². The topological polar surface area (TPSA) is 4.93 Å². The highest BCUT2D eigenvalue weighted by atomic mass is 19.1. The van der Waals surface area contributed by atoms with Crippen molar-refractivity contribution in [2.75, 3.05) is 0 Å². The van der Waals surface area contributed by atoms with Crippen LogP contribution in [0.25, 0.3) is 22.0 Å². The van der Waals surface area contributed by atoms with Crippen LogP contribution in [0.1, 0.15) is 19.9 Å². The van der Waals surface area contributed by atoms with Gasteiger partial charge in [-0.1, -0.05) is 30.3 Å². The van der Waals surface area contributed by atoms with Crippen molar-refractivity contribution >= 4 is 10.9 Å². The molecule has 1 radical (unpaired) electrons. The summed E-state index contributed by atoms with van der Waals surface area (Å²) in [4.78, 5) is 0. The van der Waals surface area contributed by atoms with E-state index in [-0.39, 0.29) is 5.82 Å². The normalized spacial score (nSPS) is 11.4. The molecule has 2 heteroatoms. The second-order valence-electron chi connectivity index (χ2n) is 4.97. The lowest BCUT2D eigenvalue weighted by molar-refractivity contribution is 0.619. The van der Waals surface area contributed by atoms with E-state index in [1.165, 1.54) is 12.1 Å². The average molecular weight is 252 g/mol. The minimum atomic E-state index is -0.212. The van der Waals surface area contributed by atoms with E-state index in [0.717, 1.165) is 22.0 Å². The summed E-state index contributed by atoms with van der Waals surface area (Å²) in [6.07, 6.45) is 3.42.